The first-order valence-electron chi connectivity index (χ1n) is 21.2. The van der Waals surface area contributed by atoms with E-state index in [1.807, 2.05) is 55.5 Å². The maximum absolute atomic E-state index is 13.6. The molecule has 1 amide bonds. The van der Waals surface area contributed by atoms with E-state index >= 15 is 0 Å². The molecule has 22 heteroatoms. The molecule has 8 rings (SSSR count). The molecule has 0 radical (unpaired) electrons. The fourth-order valence-electron chi connectivity index (χ4n) is 9.41. The first-order chi connectivity index (χ1) is 31.6. The van der Waals surface area contributed by atoms with Gasteiger partial charge in [-0.25, -0.2) is 14.0 Å². The monoisotopic (exact) mass is 1010 g/mol. The van der Waals surface area contributed by atoms with E-state index in [0.717, 1.165) is 67.6 Å². The van der Waals surface area contributed by atoms with Crippen LogP contribution in [0.15, 0.2) is 84.4 Å². The van der Waals surface area contributed by atoms with Crippen molar-refractivity contribution < 1.29 is 68.0 Å². The number of aromatic nitrogens is 1. The van der Waals surface area contributed by atoms with Gasteiger partial charge in [0.1, 0.15) is 18.0 Å². The van der Waals surface area contributed by atoms with Gasteiger partial charge in [-0.2, -0.15) is 16.8 Å². The van der Waals surface area contributed by atoms with Gasteiger partial charge in [0.15, 0.2) is 0 Å². The van der Waals surface area contributed by atoms with Crippen molar-refractivity contribution in [1.29, 1.82) is 0 Å². The highest BCUT2D eigenvalue weighted by Crippen LogP contribution is 2.53. The first kappa shape index (κ1) is 53.1. The van der Waals surface area contributed by atoms with Crippen LogP contribution in [-0.2, 0) is 57.6 Å². The summed E-state index contributed by atoms with van der Waals surface area (Å²) in [5.74, 6) is 0.366. The van der Waals surface area contributed by atoms with Crippen molar-refractivity contribution >= 4 is 67.8 Å². The van der Waals surface area contributed by atoms with Crippen LogP contribution in [0.5, 0.6) is 0 Å². The zero-order valence-electron chi connectivity index (χ0n) is 36.7. The molecule has 2 aromatic heterocycles. The summed E-state index contributed by atoms with van der Waals surface area (Å²) in [6.45, 7) is 5.74. The van der Waals surface area contributed by atoms with Crippen LogP contribution >= 0.6 is 22.9 Å². The number of nitrogens with one attached hydrogen (secondary N) is 1. The first-order valence-corrected chi connectivity index (χ1v) is 25.2. The Balaban J connectivity index is 0.000000227. The highest BCUT2D eigenvalue weighted by molar-refractivity contribution is 7.80. The molecule has 67 heavy (non-hydrogen) atoms. The number of amides is 1. The molecule has 5 N–H and O–H groups in total. The smallest absolute Gasteiger partial charge is 0.407 e. The minimum atomic E-state index is -4.67. The Hall–Kier alpha value is -4.84. The van der Waals surface area contributed by atoms with Gasteiger partial charge in [0.25, 0.3) is 0 Å². The highest BCUT2D eigenvalue weighted by atomic mass is 35.5. The van der Waals surface area contributed by atoms with Crippen LogP contribution in [0.4, 0.5) is 9.18 Å². The summed E-state index contributed by atoms with van der Waals surface area (Å²) >= 11 is 8.07. The predicted molar refractivity (Wildman–Crippen MR) is 247 cm³/mol. The predicted octanol–water partition coefficient (Wildman–Crippen LogP) is 8.00. The van der Waals surface area contributed by atoms with Crippen molar-refractivity contribution in [3.05, 3.63) is 117 Å². The summed E-state index contributed by atoms with van der Waals surface area (Å²) in [6, 6.07) is 19.6. The lowest BCUT2D eigenvalue weighted by atomic mass is 9.57. The maximum Gasteiger partial charge on any atom is 0.407 e. The average molecular weight is 1010 g/mol. The normalized spacial score (nSPS) is 23.7. The molecule has 2 aliphatic carbocycles. The number of fused-ring (bicyclic) bond motifs is 3. The fraction of sp³-hybridized carbons (Fsp3) is 0.422. The molecule has 2 saturated carbocycles. The zero-order chi connectivity index (χ0) is 49.1. The number of esters is 2. The third kappa shape index (κ3) is 15.9. The molecule has 364 valence electrons. The summed E-state index contributed by atoms with van der Waals surface area (Å²) in [5.41, 5.74) is 4.58. The molecule has 4 heterocycles. The Morgan fingerprint density at radius 3 is 2.37 bits per heavy atom. The van der Waals surface area contributed by atoms with Gasteiger partial charge in [-0.1, -0.05) is 54.1 Å². The molecule has 2 aliphatic heterocycles. The maximum atomic E-state index is 13.6. The van der Waals surface area contributed by atoms with Gasteiger partial charge >= 0.3 is 38.8 Å². The van der Waals surface area contributed by atoms with Gasteiger partial charge in [-0.05, 0) is 122 Å². The molecule has 17 nitrogen and oxygen atoms in total. The SMILES string of the molecule is CCOC(=O)N[C@@H]1CC[C@@H]2[C@@H](C1)C[C@H]1C(=O)O[C@H](C)[C@H]1[C@H]2/C=C/c1ccc(-c2cccc(F)c2)cn1.COC(=O)[C@H](c1ccccc1Cl)N1CCc2sccc2C1.O=S(=O)(O)O.O=S(=O)(O)O. The molecule has 3 fully saturated rings. The number of benzene rings is 2. The summed E-state index contributed by atoms with van der Waals surface area (Å²) in [7, 11) is -7.91. The Bertz CT molecular complexity index is 2540. The van der Waals surface area contributed by atoms with E-state index in [0.29, 0.717) is 23.5 Å². The molecular formula is C45H53ClFN3O14S3. The third-order valence-corrected chi connectivity index (χ3v) is 13.4. The van der Waals surface area contributed by atoms with E-state index in [4.69, 9.17) is 60.9 Å². The Kier molecular flexibility index (Phi) is 19.0. The second kappa shape index (κ2) is 23.9. The molecule has 4 aromatic rings. The number of pyridine rings is 1. The van der Waals surface area contributed by atoms with Crippen LogP contribution in [0, 0.1) is 35.4 Å². The van der Waals surface area contributed by atoms with Gasteiger partial charge in [0, 0.05) is 46.7 Å². The molecule has 8 atom stereocenters. The summed E-state index contributed by atoms with van der Waals surface area (Å²) < 4.78 is 92.5. The molecule has 0 spiro atoms. The largest absolute Gasteiger partial charge is 0.468 e. The summed E-state index contributed by atoms with van der Waals surface area (Å²) in [6.07, 6.45) is 10.0. The zero-order valence-corrected chi connectivity index (χ0v) is 39.9. The number of ether oxygens (including phenoxy) is 3. The Labute approximate surface area is 397 Å². The van der Waals surface area contributed by atoms with Crippen LogP contribution in [0.25, 0.3) is 17.2 Å². The number of hydrogen-bond acceptors (Lipinski definition) is 13. The van der Waals surface area contributed by atoms with E-state index in [-0.39, 0.29) is 53.7 Å². The molecule has 1 saturated heterocycles. The second-order valence-electron chi connectivity index (χ2n) is 16.2. The lowest BCUT2D eigenvalue weighted by molar-refractivity contribution is -0.148. The lowest BCUT2D eigenvalue weighted by Gasteiger charge is -2.47. The van der Waals surface area contributed by atoms with Crippen molar-refractivity contribution in [1.82, 2.24) is 15.2 Å². The van der Waals surface area contributed by atoms with Crippen molar-refractivity contribution in [2.24, 2.45) is 29.6 Å². The Morgan fingerprint density at radius 2 is 1.73 bits per heavy atom. The minimum absolute atomic E-state index is 0.0679. The number of halogens is 2. The van der Waals surface area contributed by atoms with Gasteiger partial charge in [-0.3, -0.25) is 32.9 Å². The van der Waals surface area contributed by atoms with Gasteiger partial charge in [0.05, 0.1) is 25.3 Å². The van der Waals surface area contributed by atoms with E-state index in [1.165, 1.54) is 29.7 Å². The van der Waals surface area contributed by atoms with Crippen molar-refractivity contribution in [3.63, 3.8) is 0 Å². The lowest BCUT2D eigenvalue weighted by Crippen LogP contribution is -2.48. The molecular weight excluding hydrogens is 957 g/mol. The molecule has 4 aliphatic rings. The summed E-state index contributed by atoms with van der Waals surface area (Å²) in [5, 5.41) is 5.71. The van der Waals surface area contributed by atoms with Crippen molar-refractivity contribution in [2.75, 3.05) is 20.3 Å². The van der Waals surface area contributed by atoms with Crippen molar-refractivity contribution in [2.45, 2.75) is 70.7 Å². The van der Waals surface area contributed by atoms with Gasteiger partial charge in [0.2, 0.25) is 0 Å². The number of cyclic esters (lactones) is 1. The Morgan fingerprint density at radius 1 is 1.01 bits per heavy atom. The molecule has 2 aromatic carbocycles. The summed E-state index contributed by atoms with van der Waals surface area (Å²) in [4.78, 5) is 45.1. The van der Waals surface area contributed by atoms with Gasteiger partial charge in [-0.15, -0.1) is 11.3 Å². The number of alkyl carbamates (subject to hydrolysis) is 1. The van der Waals surface area contributed by atoms with Crippen LogP contribution in [0.1, 0.15) is 67.3 Å². The number of thiophene rings is 1. The number of carbonyl (C=O) groups is 3. The second-order valence-corrected chi connectivity index (χ2v) is 19.4. The van der Waals surface area contributed by atoms with E-state index in [2.05, 4.69) is 32.7 Å². The van der Waals surface area contributed by atoms with E-state index in [9.17, 15) is 18.8 Å². The van der Waals surface area contributed by atoms with Gasteiger partial charge < -0.3 is 19.5 Å². The quantitative estimate of drug-likeness (QED) is 0.0636. The van der Waals surface area contributed by atoms with E-state index < -0.39 is 26.8 Å². The molecule has 0 bridgehead atoms. The van der Waals surface area contributed by atoms with Crippen molar-refractivity contribution in [3.8, 4) is 11.1 Å². The molecule has 0 unspecified atom stereocenters. The third-order valence-electron chi connectivity index (χ3n) is 12.0. The number of allylic oxidation sites excluding steroid dienone is 1. The van der Waals surface area contributed by atoms with Crippen LogP contribution < -0.4 is 5.32 Å². The topological polar surface area (TPSA) is 256 Å². The number of hydrogen-bond donors (Lipinski definition) is 5. The number of rotatable bonds is 8. The fourth-order valence-corrected chi connectivity index (χ4v) is 10.5. The minimum Gasteiger partial charge on any atom is -0.468 e. The van der Waals surface area contributed by atoms with Crippen LogP contribution in [0.2, 0.25) is 5.02 Å². The van der Waals surface area contributed by atoms with E-state index in [1.54, 1.807) is 30.5 Å². The highest BCUT2D eigenvalue weighted by Gasteiger charge is 2.54. The standard InChI is InChI=1S/C29H33FN2O4.C16H16ClNO2S.2H2O4S/c1-3-35-29(34)32-23-10-11-24-20(14-23)15-26-27(17(2)36-28(26)33)25(24)12-9-22-8-7-19(16-31-22)18-5-4-6-21(30)13-18;1-20-16(19)15(12-4-2-3-5-13(12)17)18-8-6-14-11(10-18)7-9-21-14;2*1-5(2,3)4/h4-9,12-13,16-17,20,23-27H,3,10-11,14-15H2,1-2H3,(H,32,34);2-5,7,9,15H,6,8,10H2,1H3;2*(H2,1,2,3,4)/b12-9+;;;/t17-,20+,23-,24-,25+,26-,27+;15-;;/m10../s1. The number of methoxy groups -OCH3 is 1. The average Bonchev–Trinajstić information content (AvgIpc) is 3.84. The van der Waals surface area contributed by atoms with Crippen LogP contribution in [-0.4, -0.2) is 95.4 Å². The number of nitrogens with zero attached hydrogens (tertiary/aromatic N) is 2. The number of carbonyl (C=O) groups excluding carboxylic acids is 3. The van der Waals surface area contributed by atoms with Crippen LogP contribution in [0.3, 0.4) is 0 Å².